The molecule has 0 radical (unpaired) electrons. The summed E-state index contributed by atoms with van der Waals surface area (Å²) < 4.78 is 25.0. The molecule has 284 valence electrons. The van der Waals surface area contributed by atoms with E-state index in [1.54, 1.807) is 36.4 Å². The van der Waals surface area contributed by atoms with E-state index < -0.39 is 0 Å². The van der Waals surface area contributed by atoms with E-state index in [0.717, 1.165) is 11.4 Å². The molecule has 9 nitrogen and oxygen atoms in total. The number of ether oxygens (including phenoxy) is 4. The summed E-state index contributed by atoms with van der Waals surface area (Å²) in [5.41, 5.74) is 16.3. The van der Waals surface area contributed by atoms with Crippen LogP contribution in [0.3, 0.4) is 0 Å². The van der Waals surface area contributed by atoms with Gasteiger partial charge in [-0.2, -0.15) is 0 Å². The molecule has 0 bridgehead atoms. The van der Waals surface area contributed by atoms with Crippen molar-refractivity contribution in [3.05, 3.63) is 205 Å². The number of carbonyl (C=O) groups is 1. The molecule has 0 atom stereocenters. The van der Waals surface area contributed by atoms with Gasteiger partial charge in [0.15, 0.2) is 11.5 Å². The second kappa shape index (κ2) is 17.1. The van der Waals surface area contributed by atoms with E-state index in [-0.39, 0.29) is 5.78 Å². The van der Waals surface area contributed by atoms with Gasteiger partial charge in [0.1, 0.15) is 34.5 Å². The maximum absolute atomic E-state index is 14.9. The van der Waals surface area contributed by atoms with Gasteiger partial charge in [-0.3, -0.25) is 4.79 Å². The van der Waals surface area contributed by atoms with Crippen molar-refractivity contribution in [3.8, 4) is 46.0 Å². The summed E-state index contributed by atoms with van der Waals surface area (Å²) in [6, 6.07) is 59.0. The first-order chi connectivity index (χ1) is 28.4. The van der Waals surface area contributed by atoms with Crippen molar-refractivity contribution in [2.45, 2.75) is 0 Å². The summed E-state index contributed by atoms with van der Waals surface area (Å²) in [6.45, 7) is 0. The zero-order valence-corrected chi connectivity index (χ0v) is 31.2. The van der Waals surface area contributed by atoms with Crippen molar-refractivity contribution >= 4 is 39.9 Å². The van der Waals surface area contributed by atoms with Crippen LogP contribution in [0, 0.1) is 0 Å². The van der Waals surface area contributed by atoms with Crippen LogP contribution in [-0.2, 0) is 0 Å². The highest BCUT2D eigenvalue weighted by atomic mass is 16.5. The number of para-hydroxylation sites is 4. The van der Waals surface area contributed by atoms with Crippen molar-refractivity contribution in [3.63, 3.8) is 0 Å². The molecule has 0 spiro atoms. The van der Waals surface area contributed by atoms with Crippen LogP contribution < -0.4 is 41.0 Å². The monoisotopic (exact) mass is 762 g/mol. The van der Waals surface area contributed by atoms with Crippen LogP contribution in [-0.4, -0.2) is 5.78 Å². The normalized spacial score (nSPS) is 10.6. The van der Waals surface area contributed by atoms with Gasteiger partial charge in [-0.05, 0) is 146 Å². The highest BCUT2D eigenvalue weighted by molar-refractivity contribution is 6.14. The van der Waals surface area contributed by atoms with Crippen LogP contribution in [0.1, 0.15) is 15.9 Å². The maximum atomic E-state index is 14.9. The molecule has 0 heterocycles. The summed E-state index contributed by atoms with van der Waals surface area (Å²) in [5, 5.41) is 6.90. The van der Waals surface area contributed by atoms with E-state index in [4.69, 9.17) is 30.4 Å². The molecule has 0 aliphatic rings. The van der Waals surface area contributed by atoms with Gasteiger partial charge < -0.3 is 41.0 Å². The molecule has 0 unspecified atom stereocenters. The Morgan fingerprint density at radius 2 is 0.672 bits per heavy atom. The van der Waals surface area contributed by atoms with E-state index in [1.165, 1.54) is 0 Å². The zero-order valence-electron chi connectivity index (χ0n) is 31.2. The Hall–Kier alpha value is -8.17. The molecular weight excluding hydrogens is 725 g/mol. The van der Waals surface area contributed by atoms with E-state index >= 15 is 0 Å². The van der Waals surface area contributed by atoms with Crippen molar-refractivity contribution in [2.75, 3.05) is 22.1 Å². The van der Waals surface area contributed by atoms with Gasteiger partial charge in [0, 0.05) is 22.7 Å². The first-order valence-electron chi connectivity index (χ1n) is 18.5. The summed E-state index contributed by atoms with van der Waals surface area (Å²) >= 11 is 0. The van der Waals surface area contributed by atoms with E-state index in [1.807, 2.05) is 158 Å². The minimum absolute atomic E-state index is 0.302. The van der Waals surface area contributed by atoms with Crippen molar-refractivity contribution in [2.24, 2.45) is 0 Å². The number of anilines is 6. The fraction of sp³-hybridized carbons (Fsp3) is 0. The first-order valence-corrected chi connectivity index (χ1v) is 18.5. The molecule has 0 aliphatic heterocycles. The maximum Gasteiger partial charge on any atom is 0.200 e. The summed E-state index contributed by atoms with van der Waals surface area (Å²) in [6.07, 6.45) is 0. The highest BCUT2D eigenvalue weighted by Crippen LogP contribution is 2.41. The fourth-order valence-corrected chi connectivity index (χ4v) is 6.07. The molecular formula is C49H38N4O5. The van der Waals surface area contributed by atoms with Crippen molar-refractivity contribution < 1.29 is 23.7 Å². The number of ketones is 1. The standard InChI is InChI=1S/C49H38N4O5/c50-33-17-25-39(26-18-33)55-41-29-21-35(22-30-41)52-45-15-7-13-43(48(45)57-37-9-3-1-4-10-37)47(54)44-14-8-16-46(49(44)58-38-11-5-2-6-12-38)53-36-23-31-42(32-24-36)56-40-27-19-34(51)20-28-40/h1-32,52-53H,50-51H2. The van der Waals surface area contributed by atoms with Crippen LogP contribution in [0.4, 0.5) is 34.1 Å². The minimum Gasteiger partial charge on any atom is -0.457 e. The quantitative estimate of drug-likeness (QED) is 0.0631. The number of hydrogen-bond acceptors (Lipinski definition) is 9. The van der Waals surface area contributed by atoms with Crippen LogP contribution >= 0.6 is 0 Å². The number of nitrogen functional groups attached to an aromatic ring is 2. The smallest absolute Gasteiger partial charge is 0.200 e. The molecule has 0 fully saturated rings. The molecule has 9 heteroatoms. The molecule has 0 aromatic heterocycles. The number of carbonyl (C=O) groups excluding carboxylic acids is 1. The van der Waals surface area contributed by atoms with E-state index in [0.29, 0.717) is 79.9 Å². The van der Waals surface area contributed by atoms with Crippen LogP contribution in [0.25, 0.3) is 0 Å². The molecule has 6 N–H and O–H groups in total. The summed E-state index contributed by atoms with van der Waals surface area (Å²) in [7, 11) is 0. The minimum atomic E-state index is -0.302. The average Bonchev–Trinajstić information content (AvgIpc) is 3.25. The Balaban J connectivity index is 1.11. The molecule has 0 aliphatic carbocycles. The Bertz CT molecular complexity index is 2440. The number of nitrogens with one attached hydrogen (secondary N) is 2. The largest absolute Gasteiger partial charge is 0.457 e. The third-order valence-corrected chi connectivity index (χ3v) is 8.94. The SMILES string of the molecule is Nc1ccc(Oc2ccc(Nc3cccc(C(=O)c4cccc(Nc5ccc(Oc6ccc(N)cc6)cc5)c4Oc4ccccc4)c3Oc3ccccc3)cc2)cc1. The molecule has 8 aromatic carbocycles. The van der Waals surface area contributed by atoms with Gasteiger partial charge in [0.05, 0.1) is 22.5 Å². The number of nitrogens with two attached hydrogens (primary N) is 2. The van der Waals surface area contributed by atoms with Gasteiger partial charge in [-0.1, -0.05) is 48.5 Å². The highest BCUT2D eigenvalue weighted by Gasteiger charge is 2.24. The fourth-order valence-electron chi connectivity index (χ4n) is 6.07. The second-order valence-corrected chi connectivity index (χ2v) is 13.2. The number of hydrogen-bond donors (Lipinski definition) is 4. The lowest BCUT2D eigenvalue weighted by Crippen LogP contribution is -2.08. The molecule has 0 amide bonds. The van der Waals surface area contributed by atoms with Crippen molar-refractivity contribution in [1.82, 2.24) is 0 Å². The molecule has 58 heavy (non-hydrogen) atoms. The van der Waals surface area contributed by atoms with Gasteiger partial charge >= 0.3 is 0 Å². The van der Waals surface area contributed by atoms with Gasteiger partial charge in [0.25, 0.3) is 0 Å². The lowest BCUT2D eigenvalue weighted by molar-refractivity contribution is 0.103. The Morgan fingerprint density at radius 3 is 1.03 bits per heavy atom. The predicted molar refractivity (Wildman–Crippen MR) is 231 cm³/mol. The third-order valence-electron chi connectivity index (χ3n) is 8.94. The lowest BCUT2D eigenvalue weighted by Gasteiger charge is -2.19. The van der Waals surface area contributed by atoms with E-state index in [2.05, 4.69) is 10.6 Å². The Kier molecular flexibility index (Phi) is 10.8. The number of benzene rings is 8. The van der Waals surface area contributed by atoms with Crippen LogP contribution in [0.15, 0.2) is 194 Å². The van der Waals surface area contributed by atoms with Crippen molar-refractivity contribution in [1.29, 1.82) is 0 Å². The Morgan fingerprint density at radius 1 is 0.345 bits per heavy atom. The van der Waals surface area contributed by atoms with Gasteiger partial charge in [-0.15, -0.1) is 0 Å². The first kappa shape index (κ1) is 36.8. The van der Waals surface area contributed by atoms with Crippen LogP contribution in [0.5, 0.6) is 46.0 Å². The zero-order chi connectivity index (χ0) is 39.7. The summed E-state index contributed by atoms with van der Waals surface area (Å²) in [4.78, 5) is 14.9. The second-order valence-electron chi connectivity index (χ2n) is 13.2. The Labute approximate surface area is 336 Å². The molecule has 8 rings (SSSR count). The van der Waals surface area contributed by atoms with Gasteiger partial charge in [-0.25, -0.2) is 0 Å². The lowest BCUT2D eigenvalue weighted by atomic mass is 9.99. The third kappa shape index (κ3) is 9.02. The average molecular weight is 763 g/mol. The number of rotatable bonds is 14. The topological polar surface area (TPSA) is 130 Å². The summed E-state index contributed by atoms with van der Waals surface area (Å²) in [5.74, 6) is 4.19. The predicted octanol–water partition coefficient (Wildman–Crippen LogP) is 12.7. The molecule has 0 saturated carbocycles. The molecule has 8 aromatic rings. The van der Waals surface area contributed by atoms with Crippen LogP contribution in [0.2, 0.25) is 0 Å². The van der Waals surface area contributed by atoms with Gasteiger partial charge in [0.2, 0.25) is 5.78 Å². The molecule has 0 saturated heterocycles. The van der Waals surface area contributed by atoms with E-state index in [9.17, 15) is 4.79 Å².